The standard InChI is InChI=1S/C29H20N.C27H18NS.2C27H18N.4Y/c1-30-28-14-8-7-12-24(28)27-19-26(23-11-5-6-13-25(23)29(27)30)22-17-15-21(16-18-22)20-9-3-2-4-10-20;1-28-24-14-8-7-12-20(24)23-17-22(19-11-5-6-13-21(19)27(23)28)26-16-15-25(29-26)18-9-3-2-4-10-18;1-28-26-16-7-6-13-22(26)25-17-24(21-12-4-5-14-23(21)27(25)28)20-15-8-10-18-9-2-3-11-19(18)20;1-28-26-13-7-6-11-22(26)25-17-24(21-10-4-5-12-23(21)27(25)28)20-15-14-18-8-2-3-9-19(18)16-20;;;;/h3-19H,1H3;3-17H,1H3;2-9,11-17H,1H3;3-17H,1H3;;;;/q4*-1;;;;. The molecule has 24 aromatic rings. The van der Waals surface area contributed by atoms with E-state index < -0.39 is 0 Å². The van der Waals surface area contributed by atoms with Gasteiger partial charge in [-0.15, -0.1) is 80.4 Å². The van der Waals surface area contributed by atoms with E-state index in [4.69, 9.17) is 0 Å². The molecule has 24 rings (SSSR count). The van der Waals surface area contributed by atoms with Crippen LogP contribution >= 0.6 is 11.3 Å². The van der Waals surface area contributed by atoms with Gasteiger partial charge in [-0.05, 0) is 116 Å². The summed E-state index contributed by atoms with van der Waals surface area (Å²) >= 11 is 1.85. The van der Waals surface area contributed by atoms with Crippen LogP contribution < -0.4 is 0 Å². The number of rotatable bonds is 6. The zero-order chi connectivity index (χ0) is 76.8. The molecule has 0 saturated heterocycles. The summed E-state index contributed by atoms with van der Waals surface area (Å²) in [5.41, 5.74) is 22.9. The smallest absolute Gasteiger partial charge is 0.0568 e. The number of aryl methyl sites for hydroxylation is 4. The van der Waals surface area contributed by atoms with Crippen molar-refractivity contribution in [2.24, 2.45) is 28.2 Å². The Labute approximate surface area is 796 Å². The monoisotopic (exact) mass is 1840 g/mol. The minimum absolute atomic E-state index is 0. The quantitative estimate of drug-likeness (QED) is 0.148. The fourth-order valence-electron chi connectivity index (χ4n) is 18.4. The van der Waals surface area contributed by atoms with Crippen LogP contribution in [0.1, 0.15) is 0 Å². The molecule has 0 aliphatic heterocycles. The summed E-state index contributed by atoms with van der Waals surface area (Å²) in [5.74, 6) is 0. The Balaban J connectivity index is 0.000000112. The molecule has 0 N–H and O–H groups in total. The van der Waals surface area contributed by atoms with Gasteiger partial charge in [-0.3, -0.25) is 0 Å². The van der Waals surface area contributed by atoms with Crippen molar-refractivity contribution >= 4 is 163 Å². The van der Waals surface area contributed by atoms with Crippen LogP contribution in [-0.2, 0) is 159 Å². The van der Waals surface area contributed by atoms with Gasteiger partial charge >= 0.3 is 0 Å². The predicted octanol–water partition coefficient (Wildman–Crippen LogP) is 29.5. The number of hydrogen-bond acceptors (Lipinski definition) is 1. The first-order valence-electron chi connectivity index (χ1n) is 39.3. The fourth-order valence-corrected chi connectivity index (χ4v) is 19.4. The van der Waals surface area contributed by atoms with Crippen LogP contribution in [0.25, 0.3) is 217 Å². The zero-order valence-electron chi connectivity index (χ0n) is 66.3. The number of nitrogens with zero attached hydrogens (tertiary/aromatic N) is 4. The minimum Gasteiger partial charge on any atom is -0.343 e. The molecule has 0 spiro atoms. The topological polar surface area (TPSA) is 19.7 Å². The van der Waals surface area contributed by atoms with Gasteiger partial charge in [0.1, 0.15) is 0 Å². The van der Waals surface area contributed by atoms with Crippen molar-refractivity contribution in [2.75, 3.05) is 0 Å². The number of para-hydroxylation sites is 4. The van der Waals surface area contributed by atoms with Crippen LogP contribution in [0.4, 0.5) is 0 Å². The molecule has 0 aliphatic carbocycles. The summed E-state index contributed by atoms with van der Waals surface area (Å²) in [7, 11) is 8.68. The van der Waals surface area contributed by atoms with Gasteiger partial charge in [0.2, 0.25) is 0 Å². The number of thiophene rings is 1. The zero-order valence-corrected chi connectivity index (χ0v) is 78.5. The van der Waals surface area contributed by atoms with Crippen molar-refractivity contribution < 1.29 is 131 Å². The van der Waals surface area contributed by atoms with Crippen molar-refractivity contribution in [1.29, 1.82) is 0 Å². The van der Waals surface area contributed by atoms with Crippen molar-refractivity contribution in [3.8, 4) is 65.4 Å². The second-order valence-corrected chi connectivity index (χ2v) is 31.1. The molecule has 0 amide bonds. The summed E-state index contributed by atoms with van der Waals surface area (Å²) in [6.07, 6.45) is 0. The first-order chi connectivity index (χ1) is 56.8. The molecule has 4 nitrogen and oxygen atoms in total. The van der Waals surface area contributed by atoms with Crippen LogP contribution in [-0.4, -0.2) is 18.3 Å². The van der Waals surface area contributed by atoms with E-state index in [1.54, 1.807) is 0 Å². The van der Waals surface area contributed by atoms with E-state index in [0.717, 1.165) is 5.39 Å². The Morgan fingerprint density at radius 2 is 0.546 bits per heavy atom. The van der Waals surface area contributed by atoms with E-state index in [-0.39, 0.29) is 131 Å². The van der Waals surface area contributed by atoms with Gasteiger partial charge in [0.15, 0.2) is 0 Å². The summed E-state index contributed by atoms with van der Waals surface area (Å²) < 4.78 is 9.31. The van der Waals surface area contributed by atoms with Crippen molar-refractivity contribution in [3.63, 3.8) is 0 Å². The van der Waals surface area contributed by atoms with Crippen molar-refractivity contribution in [3.05, 3.63) is 400 Å². The molecular formula is C110H74N4SY4-4. The SMILES string of the molecule is Cn1c2ccccc2c2cc(-c3cc[c-]c4ccccc34)c3ccccc3c21.Cn1c2ccccc2c2cc(-c3ccc(-c4cc[c-]cc4)cc3)c3ccccc3c21.Cn1c2ccccc2c2cc(-c3ccc(-c4cc[c-]cc4)s3)c3ccccc3c21.Cn1c2ccccc2c2cc(-c3ccc4c[c-]ccc4c3)c3ccccc3c21.[Y].[Y].[Y].[Y]. The van der Waals surface area contributed by atoms with Gasteiger partial charge in [-0.25, -0.2) is 0 Å². The maximum Gasteiger partial charge on any atom is 0.0568 e. The van der Waals surface area contributed by atoms with Crippen molar-refractivity contribution in [1.82, 2.24) is 18.3 Å². The molecule has 19 aromatic carbocycles. The van der Waals surface area contributed by atoms with Crippen LogP contribution in [0.5, 0.6) is 0 Å². The number of benzene rings is 19. The van der Waals surface area contributed by atoms with Crippen molar-refractivity contribution in [2.45, 2.75) is 0 Å². The predicted molar refractivity (Wildman–Crippen MR) is 493 cm³/mol. The Bertz CT molecular complexity index is 7960. The normalized spacial score (nSPS) is 11.3. The van der Waals surface area contributed by atoms with E-state index in [0.29, 0.717) is 0 Å². The summed E-state index contributed by atoms with van der Waals surface area (Å²) in [6.45, 7) is 0. The van der Waals surface area contributed by atoms with Crippen LogP contribution in [0.15, 0.2) is 376 Å². The molecule has 0 saturated carbocycles. The van der Waals surface area contributed by atoms with Gasteiger partial charge < -0.3 is 18.3 Å². The van der Waals surface area contributed by atoms with Crippen LogP contribution in [0.2, 0.25) is 0 Å². The molecule has 0 bridgehead atoms. The van der Waals surface area contributed by atoms with Gasteiger partial charge in [-0.1, -0.05) is 224 Å². The van der Waals surface area contributed by atoms with Gasteiger partial charge in [0.05, 0.1) is 22.1 Å². The molecule has 0 fully saturated rings. The van der Waals surface area contributed by atoms with E-state index >= 15 is 0 Å². The van der Waals surface area contributed by atoms with Gasteiger partial charge in [0, 0.05) is 261 Å². The minimum atomic E-state index is 0. The van der Waals surface area contributed by atoms with E-state index in [1.165, 1.54) is 212 Å². The second kappa shape index (κ2) is 34.6. The average Bonchev–Trinajstić information content (AvgIpc) is 1.31. The summed E-state index contributed by atoms with van der Waals surface area (Å²) in [4.78, 5) is 2.59. The molecule has 119 heavy (non-hydrogen) atoms. The first kappa shape index (κ1) is 81.4. The van der Waals surface area contributed by atoms with Gasteiger partial charge in [-0.2, -0.15) is 84.9 Å². The molecule has 5 heterocycles. The Morgan fingerprint density at radius 1 is 0.210 bits per heavy atom. The maximum atomic E-state index is 3.38. The molecule has 0 aliphatic rings. The van der Waals surface area contributed by atoms with E-state index in [1.807, 2.05) is 53.8 Å². The Kier molecular flexibility index (Phi) is 23.7. The third kappa shape index (κ3) is 14.4. The molecule has 4 radical (unpaired) electrons. The Hall–Kier alpha value is -9.94. The third-order valence-electron chi connectivity index (χ3n) is 23.7. The Morgan fingerprint density at radius 3 is 1.02 bits per heavy atom. The van der Waals surface area contributed by atoms with Crippen LogP contribution in [0.3, 0.4) is 0 Å². The molecule has 0 atom stereocenters. The third-order valence-corrected chi connectivity index (χ3v) is 24.9. The molecule has 5 aromatic heterocycles. The molecule has 9 heteroatoms. The molecule has 0 unspecified atom stereocenters. The molecule has 556 valence electrons. The second-order valence-electron chi connectivity index (χ2n) is 30.0. The molecular weight excluding hydrogens is 1760 g/mol. The largest absolute Gasteiger partial charge is 0.343 e. The van der Waals surface area contributed by atoms with Gasteiger partial charge in [0.25, 0.3) is 0 Å². The fraction of sp³-hybridized carbons (Fsp3) is 0.0364. The number of aromatic nitrogens is 4. The summed E-state index contributed by atoms with van der Waals surface area (Å²) in [5, 5.41) is 25.7. The summed E-state index contributed by atoms with van der Waals surface area (Å²) in [6, 6.07) is 147. The number of hydrogen-bond donors (Lipinski definition) is 0. The van der Waals surface area contributed by atoms with E-state index in [9.17, 15) is 0 Å². The maximum absolute atomic E-state index is 3.38. The van der Waals surface area contributed by atoms with Crippen LogP contribution in [0, 0.1) is 24.3 Å². The van der Waals surface area contributed by atoms with E-state index in [2.05, 4.69) is 404 Å². The average molecular weight is 1840 g/mol. The first-order valence-corrected chi connectivity index (χ1v) is 40.1. The number of fused-ring (bicyclic) bond motifs is 22.